The van der Waals surface area contributed by atoms with Crippen LogP contribution < -0.4 is 19.8 Å². The number of rotatable bonds is 5. The minimum atomic E-state index is -0.742. The van der Waals surface area contributed by atoms with E-state index in [4.69, 9.17) is 4.74 Å². The van der Waals surface area contributed by atoms with E-state index in [1.54, 1.807) is 30.6 Å². The smallest absolute Gasteiger partial charge is 0.338 e. The van der Waals surface area contributed by atoms with Gasteiger partial charge in [0.25, 0.3) is 11.5 Å². The predicted octanol–water partition coefficient (Wildman–Crippen LogP) is 3.03. The quantitative estimate of drug-likeness (QED) is 0.295. The Bertz CT molecular complexity index is 1630. The molecule has 1 atom stereocenters. The summed E-state index contributed by atoms with van der Waals surface area (Å²) in [5, 5.41) is 0. The van der Waals surface area contributed by atoms with Crippen molar-refractivity contribution < 1.29 is 14.3 Å². The zero-order valence-electron chi connectivity index (χ0n) is 20.0. The largest absolute Gasteiger partial charge is 0.458 e. The molecule has 3 heterocycles. The average molecular weight is 518 g/mol. The molecule has 7 nitrogen and oxygen atoms in total. The van der Waals surface area contributed by atoms with Gasteiger partial charge in [-0.3, -0.25) is 14.2 Å². The van der Waals surface area contributed by atoms with Crippen molar-refractivity contribution in [2.45, 2.75) is 17.9 Å². The van der Waals surface area contributed by atoms with Crippen LogP contribution in [0.5, 0.6) is 0 Å². The Hall–Kier alpha value is -3.69. The van der Waals surface area contributed by atoms with Gasteiger partial charge in [-0.2, -0.15) is 0 Å². The molecule has 1 amide bonds. The topological polar surface area (TPSA) is 81.0 Å². The predicted molar refractivity (Wildman–Crippen MR) is 142 cm³/mol. The molecule has 0 spiro atoms. The molecule has 0 bridgehead atoms. The highest BCUT2D eigenvalue weighted by Gasteiger charge is 2.36. The van der Waals surface area contributed by atoms with Gasteiger partial charge in [0.2, 0.25) is 0 Å². The first-order valence-electron chi connectivity index (χ1n) is 11.2. The second-order valence-corrected chi connectivity index (χ2v) is 10.2. The number of ether oxygens (including phenoxy) is 1. The van der Waals surface area contributed by atoms with Crippen LogP contribution in [0.15, 0.2) is 87.1 Å². The zero-order valence-corrected chi connectivity index (χ0v) is 21.6. The Morgan fingerprint density at radius 3 is 2.61 bits per heavy atom. The number of allylic oxidation sites excluding steroid dienone is 1. The maximum absolute atomic E-state index is 14.0. The van der Waals surface area contributed by atoms with Crippen molar-refractivity contribution in [3.63, 3.8) is 0 Å². The minimum Gasteiger partial charge on any atom is -0.458 e. The van der Waals surface area contributed by atoms with Gasteiger partial charge in [0.15, 0.2) is 4.80 Å². The van der Waals surface area contributed by atoms with Gasteiger partial charge in [-0.1, -0.05) is 54.3 Å². The highest BCUT2D eigenvalue weighted by Crippen LogP contribution is 2.35. The molecule has 0 N–H and O–H groups in total. The number of thioether (sulfide) groups is 1. The van der Waals surface area contributed by atoms with Gasteiger partial charge < -0.3 is 9.64 Å². The first kappa shape index (κ1) is 24.0. The number of likely N-dealkylation sites (N-methyl/N-ethyl adjacent to an activating group) is 1. The fourth-order valence-corrected chi connectivity index (χ4v) is 6.08. The fraction of sp³-hybridized carbons (Fsp3) is 0.185. The number of para-hydroxylation sites is 1. The number of fused-ring (bicyclic) bond motifs is 2. The summed E-state index contributed by atoms with van der Waals surface area (Å²) in [5.41, 5.74) is 2.94. The summed E-state index contributed by atoms with van der Waals surface area (Å²) in [6, 6.07) is 14.4. The Kier molecular flexibility index (Phi) is 6.27. The van der Waals surface area contributed by atoms with E-state index in [9.17, 15) is 14.4 Å². The summed E-state index contributed by atoms with van der Waals surface area (Å²) in [6.07, 6.45) is 3.47. The van der Waals surface area contributed by atoms with Crippen LogP contribution in [0.3, 0.4) is 0 Å². The van der Waals surface area contributed by atoms with E-state index < -0.39 is 12.0 Å². The van der Waals surface area contributed by atoms with Crippen molar-refractivity contribution in [2.24, 2.45) is 4.99 Å². The molecule has 5 rings (SSSR count). The summed E-state index contributed by atoms with van der Waals surface area (Å²) in [6.45, 7) is 5.39. The van der Waals surface area contributed by atoms with Crippen LogP contribution in [0.1, 0.15) is 24.1 Å². The van der Waals surface area contributed by atoms with E-state index in [0.717, 1.165) is 27.5 Å². The summed E-state index contributed by atoms with van der Waals surface area (Å²) < 4.78 is 7.19. The Morgan fingerprint density at radius 2 is 1.92 bits per heavy atom. The van der Waals surface area contributed by atoms with Crippen molar-refractivity contribution >= 4 is 46.2 Å². The number of anilines is 1. The molecule has 9 heteroatoms. The van der Waals surface area contributed by atoms with Crippen LogP contribution >= 0.6 is 23.1 Å². The first-order valence-corrected chi connectivity index (χ1v) is 13.3. The molecule has 0 radical (unpaired) electrons. The molecule has 2 aromatic carbocycles. The Morgan fingerprint density at radius 1 is 1.19 bits per heavy atom. The maximum Gasteiger partial charge on any atom is 0.338 e. The summed E-state index contributed by atoms with van der Waals surface area (Å²) in [4.78, 5) is 48.0. The van der Waals surface area contributed by atoms with Crippen molar-refractivity contribution in [2.75, 3.05) is 24.8 Å². The molecular weight excluding hydrogens is 494 g/mol. The Balaban J connectivity index is 1.79. The third kappa shape index (κ3) is 3.75. The standard InChI is InChI=1S/C27H23N3O4S2/c1-5-14-34-26(33)20-15(2)28-27-30(22(20)16-10-12-17(35-4)13-11-16)25(32)23(36-27)21-18-8-6-7-9-19(18)29(3)24(21)31/h5-13,22H,1,14H2,2-4H3. The molecule has 1 unspecified atom stereocenters. The Labute approximate surface area is 215 Å². The highest BCUT2D eigenvalue weighted by molar-refractivity contribution is 7.98. The lowest BCUT2D eigenvalue weighted by atomic mass is 9.96. The fourth-order valence-electron chi connectivity index (χ4n) is 4.54. The van der Waals surface area contributed by atoms with Gasteiger partial charge in [-0.15, -0.1) is 11.8 Å². The number of aromatic nitrogens is 1. The van der Waals surface area contributed by atoms with Crippen LogP contribution in [0.25, 0.3) is 5.57 Å². The van der Waals surface area contributed by atoms with Crippen LogP contribution in [-0.2, 0) is 14.3 Å². The van der Waals surface area contributed by atoms with Gasteiger partial charge >= 0.3 is 5.97 Å². The molecule has 0 saturated heterocycles. The number of carbonyl (C=O) groups is 2. The molecule has 1 aromatic heterocycles. The molecule has 36 heavy (non-hydrogen) atoms. The van der Waals surface area contributed by atoms with Crippen LogP contribution in [-0.4, -0.2) is 36.4 Å². The molecule has 2 aliphatic rings. The van der Waals surface area contributed by atoms with Crippen molar-refractivity contribution in [3.8, 4) is 0 Å². The SMILES string of the molecule is C=CCOC(=O)C1=C(C)N=c2sc(=C3C(=O)N(C)c4ccccc43)c(=O)n2C1c1ccc(SC)cc1. The van der Waals surface area contributed by atoms with E-state index in [1.807, 2.05) is 54.8 Å². The summed E-state index contributed by atoms with van der Waals surface area (Å²) in [5.74, 6) is -0.807. The zero-order chi connectivity index (χ0) is 25.6. The van der Waals surface area contributed by atoms with E-state index in [0.29, 0.717) is 26.2 Å². The molecular formula is C27H23N3O4S2. The number of hydrogen-bond acceptors (Lipinski definition) is 7. The van der Waals surface area contributed by atoms with Gasteiger partial charge in [0, 0.05) is 17.5 Å². The van der Waals surface area contributed by atoms with E-state index in [1.165, 1.54) is 10.6 Å². The lowest BCUT2D eigenvalue weighted by molar-refractivity contribution is -0.138. The van der Waals surface area contributed by atoms with Crippen molar-refractivity contribution in [1.82, 2.24) is 4.57 Å². The van der Waals surface area contributed by atoms with Gasteiger partial charge in [-0.25, -0.2) is 9.79 Å². The lowest BCUT2D eigenvalue weighted by Crippen LogP contribution is -2.40. The third-order valence-corrected chi connectivity index (χ3v) is 8.06. The number of benzene rings is 2. The second kappa shape index (κ2) is 9.40. The van der Waals surface area contributed by atoms with E-state index >= 15 is 0 Å². The molecule has 182 valence electrons. The number of esters is 1. The number of carbonyl (C=O) groups excluding carboxylic acids is 2. The normalized spacial score (nSPS) is 18.0. The van der Waals surface area contributed by atoms with Gasteiger partial charge in [-0.05, 0) is 36.9 Å². The number of thiazole rings is 1. The lowest BCUT2D eigenvalue weighted by Gasteiger charge is -2.24. The monoisotopic (exact) mass is 517 g/mol. The summed E-state index contributed by atoms with van der Waals surface area (Å²) in [7, 11) is 1.69. The number of hydrogen-bond donors (Lipinski definition) is 0. The average Bonchev–Trinajstić information content (AvgIpc) is 3.34. The van der Waals surface area contributed by atoms with Crippen LogP contribution in [0.4, 0.5) is 5.69 Å². The molecule has 3 aromatic rings. The molecule has 0 aliphatic carbocycles. The van der Waals surface area contributed by atoms with Crippen LogP contribution in [0.2, 0.25) is 0 Å². The number of amides is 1. The van der Waals surface area contributed by atoms with E-state index in [-0.39, 0.29) is 23.6 Å². The second-order valence-electron chi connectivity index (χ2n) is 8.32. The molecule has 0 saturated carbocycles. The summed E-state index contributed by atoms with van der Waals surface area (Å²) >= 11 is 2.76. The van der Waals surface area contributed by atoms with Crippen molar-refractivity contribution in [1.29, 1.82) is 0 Å². The molecule has 0 fully saturated rings. The van der Waals surface area contributed by atoms with Crippen molar-refractivity contribution in [3.05, 3.63) is 103 Å². The van der Waals surface area contributed by atoms with E-state index in [2.05, 4.69) is 11.6 Å². The highest BCUT2D eigenvalue weighted by atomic mass is 32.2. The van der Waals surface area contributed by atoms with Crippen LogP contribution in [0, 0.1) is 0 Å². The molecule has 2 aliphatic heterocycles. The van der Waals surface area contributed by atoms with Gasteiger partial charge in [0.05, 0.1) is 28.6 Å². The van der Waals surface area contributed by atoms with Gasteiger partial charge in [0.1, 0.15) is 11.1 Å². The third-order valence-electron chi connectivity index (χ3n) is 6.26. The minimum absolute atomic E-state index is 0.0416. The first-order chi connectivity index (χ1) is 17.4. The number of nitrogens with zero attached hydrogens (tertiary/aromatic N) is 3. The maximum atomic E-state index is 14.0.